The van der Waals surface area contributed by atoms with Gasteiger partial charge in [0.15, 0.2) is 0 Å². The molecule has 0 bridgehead atoms. The van der Waals surface area contributed by atoms with Crippen molar-refractivity contribution in [3.8, 4) is 0 Å². The molecule has 8 nitrogen and oxygen atoms in total. The van der Waals surface area contributed by atoms with E-state index in [0.29, 0.717) is 5.92 Å². The molecule has 1 aromatic rings. The van der Waals surface area contributed by atoms with Crippen LogP contribution in [0.4, 0.5) is 16.4 Å². The van der Waals surface area contributed by atoms with E-state index in [1.807, 2.05) is 30.0 Å². The number of likely N-dealkylation sites (tertiary alicyclic amines) is 1. The summed E-state index contributed by atoms with van der Waals surface area (Å²) >= 11 is 0. The highest BCUT2D eigenvalue weighted by atomic mass is 16.5. The monoisotopic (exact) mass is 374 g/mol. The van der Waals surface area contributed by atoms with Crippen LogP contribution in [0.25, 0.3) is 0 Å². The molecule has 1 N–H and O–H groups in total. The summed E-state index contributed by atoms with van der Waals surface area (Å²) in [5, 5.41) is 3.09. The summed E-state index contributed by atoms with van der Waals surface area (Å²) in [5.41, 5.74) is -0.0817. The van der Waals surface area contributed by atoms with Gasteiger partial charge in [-0.1, -0.05) is 0 Å². The highest BCUT2D eigenvalue weighted by molar-refractivity contribution is 5.74. The van der Waals surface area contributed by atoms with Crippen LogP contribution in [0.15, 0.2) is 12.4 Å². The van der Waals surface area contributed by atoms with Crippen LogP contribution in [0.1, 0.15) is 25.7 Å². The topological polar surface area (TPSA) is 73.8 Å². The third-order valence-corrected chi connectivity index (χ3v) is 6.10. The molecule has 0 unspecified atom stereocenters. The second-order valence-corrected chi connectivity index (χ2v) is 8.10. The van der Waals surface area contributed by atoms with Gasteiger partial charge in [0.25, 0.3) is 0 Å². The summed E-state index contributed by atoms with van der Waals surface area (Å²) in [6.45, 7) is 5.05. The Labute approximate surface area is 160 Å². The van der Waals surface area contributed by atoms with Crippen LogP contribution in [-0.4, -0.2) is 79.9 Å². The molecule has 148 valence electrons. The highest BCUT2D eigenvalue weighted by Gasteiger charge is 2.53. The molecular weight excluding hydrogens is 344 g/mol. The van der Waals surface area contributed by atoms with Gasteiger partial charge in [0.2, 0.25) is 0 Å². The number of hydrogen-bond acceptors (Lipinski definition) is 6. The van der Waals surface area contributed by atoms with Crippen molar-refractivity contribution in [2.24, 2.45) is 5.92 Å². The fourth-order valence-corrected chi connectivity index (χ4v) is 4.44. The quantitative estimate of drug-likeness (QED) is 0.838. The fourth-order valence-electron chi connectivity index (χ4n) is 4.44. The lowest BCUT2D eigenvalue weighted by atomic mass is 9.79. The predicted molar refractivity (Wildman–Crippen MR) is 104 cm³/mol. The maximum absolute atomic E-state index is 12.1. The lowest BCUT2D eigenvalue weighted by Gasteiger charge is -2.51. The molecule has 0 radical (unpaired) electrons. The Hall–Kier alpha value is -2.09. The average Bonchev–Trinajstić information content (AvgIpc) is 3.30. The molecule has 27 heavy (non-hydrogen) atoms. The summed E-state index contributed by atoms with van der Waals surface area (Å²) in [7, 11) is 3.96. The number of aromatic nitrogens is 2. The standard InChI is InChI=1S/C19H30N6O2/c1-23(2)16-11-17(22-14-21-16)25-12-19(13-25)15(6-10-27-19)5-7-20-18(26)24-8-3-4-9-24/h11,14-15H,3-10,12-13H2,1-2H3,(H,20,26)/t15-/m1/s1. The summed E-state index contributed by atoms with van der Waals surface area (Å²) in [4.78, 5) is 27.0. The molecule has 4 rings (SSSR count). The molecule has 4 heterocycles. The van der Waals surface area contributed by atoms with E-state index in [1.165, 1.54) is 0 Å². The molecular formula is C19H30N6O2. The molecule has 3 fully saturated rings. The van der Waals surface area contributed by atoms with Gasteiger partial charge in [-0.2, -0.15) is 0 Å². The number of carbonyl (C=O) groups is 1. The molecule has 3 aliphatic heterocycles. The normalized spacial score (nSPS) is 23.6. The van der Waals surface area contributed by atoms with Crippen LogP contribution < -0.4 is 15.1 Å². The molecule has 8 heteroatoms. The van der Waals surface area contributed by atoms with Crippen molar-refractivity contribution in [3.05, 3.63) is 12.4 Å². The molecule has 2 amide bonds. The zero-order valence-electron chi connectivity index (χ0n) is 16.4. The van der Waals surface area contributed by atoms with E-state index < -0.39 is 0 Å². The Balaban J connectivity index is 1.29. The number of hydrogen-bond donors (Lipinski definition) is 1. The van der Waals surface area contributed by atoms with Crippen LogP contribution in [-0.2, 0) is 4.74 Å². The van der Waals surface area contributed by atoms with Crippen molar-refractivity contribution in [2.45, 2.75) is 31.3 Å². The minimum atomic E-state index is -0.0817. The zero-order chi connectivity index (χ0) is 18.9. The predicted octanol–water partition coefficient (Wildman–Crippen LogP) is 1.33. The van der Waals surface area contributed by atoms with Gasteiger partial charge in [0.1, 0.15) is 23.6 Å². The molecule has 3 aliphatic rings. The summed E-state index contributed by atoms with van der Waals surface area (Å²) < 4.78 is 6.16. The van der Waals surface area contributed by atoms with Crippen LogP contribution in [0, 0.1) is 5.92 Å². The molecule has 1 atom stereocenters. The van der Waals surface area contributed by atoms with Crippen molar-refractivity contribution in [1.29, 1.82) is 0 Å². The number of urea groups is 1. The van der Waals surface area contributed by atoms with E-state index in [2.05, 4.69) is 20.2 Å². The smallest absolute Gasteiger partial charge is 0.317 e. The summed E-state index contributed by atoms with van der Waals surface area (Å²) in [6, 6.07) is 2.11. The molecule has 1 spiro atoms. The maximum atomic E-state index is 12.1. The number of anilines is 2. The van der Waals surface area contributed by atoms with Crippen LogP contribution in [0.3, 0.4) is 0 Å². The first kappa shape index (κ1) is 18.3. The number of nitrogens with zero attached hydrogens (tertiary/aromatic N) is 5. The number of ether oxygens (including phenoxy) is 1. The van der Waals surface area contributed by atoms with Crippen LogP contribution in [0.5, 0.6) is 0 Å². The third kappa shape index (κ3) is 3.67. The lowest BCUT2D eigenvalue weighted by molar-refractivity contribution is -0.0455. The minimum absolute atomic E-state index is 0.0817. The maximum Gasteiger partial charge on any atom is 0.317 e. The molecule has 0 aliphatic carbocycles. The molecule has 0 saturated carbocycles. The Morgan fingerprint density at radius 3 is 2.85 bits per heavy atom. The van der Waals surface area contributed by atoms with Gasteiger partial charge in [-0.25, -0.2) is 14.8 Å². The Morgan fingerprint density at radius 1 is 1.33 bits per heavy atom. The first-order chi connectivity index (χ1) is 13.1. The molecule has 1 aromatic heterocycles. The Bertz CT molecular complexity index is 670. The minimum Gasteiger partial charge on any atom is -0.371 e. The summed E-state index contributed by atoms with van der Waals surface area (Å²) in [6.07, 6.45) is 5.92. The van der Waals surface area contributed by atoms with Gasteiger partial charge >= 0.3 is 6.03 Å². The van der Waals surface area contributed by atoms with Gasteiger partial charge in [0, 0.05) is 46.4 Å². The van der Waals surface area contributed by atoms with Crippen molar-refractivity contribution < 1.29 is 9.53 Å². The largest absolute Gasteiger partial charge is 0.371 e. The van der Waals surface area contributed by atoms with E-state index in [0.717, 1.165) is 76.6 Å². The first-order valence-electron chi connectivity index (χ1n) is 9.98. The van der Waals surface area contributed by atoms with Crippen molar-refractivity contribution in [2.75, 3.05) is 63.2 Å². The number of amides is 2. The SMILES string of the molecule is CN(C)c1cc(N2CC3(C2)OCC[C@H]3CCNC(=O)N2CCCC2)ncn1. The van der Waals surface area contributed by atoms with Gasteiger partial charge in [-0.3, -0.25) is 0 Å². The zero-order valence-corrected chi connectivity index (χ0v) is 16.4. The van der Waals surface area contributed by atoms with E-state index in [-0.39, 0.29) is 11.6 Å². The van der Waals surface area contributed by atoms with Gasteiger partial charge in [-0.05, 0) is 31.6 Å². The van der Waals surface area contributed by atoms with Crippen LogP contribution in [0.2, 0.25) is 0 Å². The second kappa shape index (κ2) is 7.50. The Kier molecular flexibility index (Phi) is 5.08. The van der Waals surface area contributed by atoms with Crippen molar-refractivity contribution >= 4 is 17.7 Å². The van der Waals surface area contributed by atoms with Crippen molar-refractivity contribution in [3.63, 3.8) is 0 Å². The van der Waals surface area contributed by atoms with E-state index in [1.54, 1.807) is 6.33 Å². The van der Waals surface area contributed by atoms with Gasteiger partial charge < -0.3 is 24.8 Å². The lowest BCUT2D eigenvalue weighted by Crippen LogP contribution is -2.65. The third-order valence-electron chi connectivity index (χ3n) is 6.10. The van der Waals surface area contributed by atoms with E-state index in [9.17, 15) is 4.79 Å². The fraction of sp³-hybridized carbons (Fsp3) is 0.737. The number of nitrogens with one attached hydrogen (secondary N) is 1. The highest BCUT2D eigenvalue weighted by Crippen LogP contribution is 2.43. The van der Waals surface area contributed by atoms with Gasteiger partial charge in [-0.15, -0.1) is 0 Å². The average molecular weight is 374 g/mol. The van der Waals surface area contributed by atoms with Gasteiger partial charge in [0.05, 0.1) is 13.1 Å². The summed E-state index contributed by atoms with van der Waals surface area (Å²) in [5.74, 6) is 2.35. The number of carbonyl (C=O) groups excluding carboxylic acids is 1. The Morgan fingerprint density at radius 2 is 2.11 bits per heavy atom. The van der Waals surface area contributed by atoms with E-state index in [4.69, 9.17) is 4.74 Å². The number of rotatable bonds is 5. The molecule has 3 saturated heterocycles. The van der Waals surface area contributed by atoms with Crippen molar-refractivity contribution in [1.82, 2.24) is 20.2 Å². The van der Waals surface area contributed by atoms with E-state index >= 15 is 0 Å². The van der Waals surface area contributed by atoms with Crippen LogP contribution >= 0.6 is 0 Å². The second-order valence-electron chi connectivity index (χ2n) is 8.10. The first-order valence-corrected chi connectivity index (χ1v) is 9.98. The molecule has 0 aromatic carbocycles.